The highest BCUT2D eigenvalue weighted by atomic mass is 16.1. The summed E-state index contributed by atoms with van der Waals surface area (Å²) in [5, 5.41) is 0. The second-order valence-corrected chi connectivity index (χ2v) is 4.86. The largest absolute Gasteiger partial charge is 0.299 e. The molecule has 0 aliphatic heterocycles. The van der Waals surface area contributed by atoms with Gasteiger partial charge in [0.1, 0.15) is 5.78 Å². The lowest BCUT2D eigenvalue weighted by molar-refractivity contribution is -0.126. The molecule has 0 amide bonds. The van der Waals surface area contributed by atoms with Crippen LogP contribution in [0.2, 0.25) is 0 Å². The molecule has 0 heterocycles. The van der Waals surface area contributed by atoms with Gasteiger partial charge >= 0.3 is 0 Å². The van der Waals surface area contributed by atoms with E-state index < -0.39 is 0 Å². The summed E-state index contributed by atoms with van der Waals surface area (Å²) >= 11 is 0. The number of ketones is 1. The molecular formula is C11H16O. The molecule has 0 N–H and O–H groups in total. The Hall–Kier alpha value is -0.590. The Kier molecular flexibility index (Phi) is 1.48. The summed E-state index contributed by atoms with van der Waals surface area (Å²) in [6.45, 7) is 4.55. The van der Waals surface area contributed by atoms with Crippen molar-refractivity contribution in [3.8, 4) is 0 Å². The fraction of sp³-hybridized carbons (Fsp3) is 0.727. The quantitative estimate of drug-likeness (QED) is 0.503. The minimum Gasteiger partial charge on any atom is -0.299 e. The molecule has 2 aliphatic rings. The first-order valence-electron chi connectivity index (χ1n) is 4.75. The topological polar surface area (TPSA) is 17.1 Å². The molecule has 1 fully saturated rings. The number of rotatable bonds is 0. The van der Waals surface area contributed by atoms with Crippen LogP contribution in [0.25, 0.3) is 0 Å². The first kappa shape index (κ1) is 8.03. The third kappa shape index (κ3) is 0.886. The van der Waals surface area contributed by atoms with Crippen LogP contribution in [0.4, 0.5) is 0 Å². The van der Waals surface area contributed by atoms with Crippen LogP contribution in [-0.2, 0) is 4.79 Å². The summed E-state index contributed by atoms with van der Waals surface area (Å²) in [6, 6.07) is 0. The number of Topliss-reactive ketones (excluding diaryl/α,β-unsaturated/α-hetero) is 1. The SMILES string of the molecule is CC1(C)CCC12C=CCC(=O)C2. The van der Waals surface area contributed by atoms with E-state index in [-0.39, 0.29) is 5.41 Å². The van der Waals surface area contributed by atoms with E-state index in [2.05, 4.69) is 26.0 Å². The molecule has 1 atom stereocenters. The van der Waals surface area contributed by atoms with E-state index in [1.54, 1.807) is 0 Å². The van der Waals surface area contributed by atoms with Crippen molar-refractivity contribution in [3.63, 3.8) is 0 Å². The molecule has 1 saturated carbocycles. The zero-order valence-electron chi connectivity index (χ0n) is 7.89. The van der Waals surface area contributed by atoms with Crippen LogP contribution < -0.4 is 0 Å². The Balaban J connectivity index is 2.27. The number of carbonyl (C=O) groups is 1. The highest BCUT2D eigenvalue weighted by Gasteiger charge is 2.52. The molecule has 0 aromatic carbocycles. The lowest BCUT2D eigenvalue weighted by atomic mass is 9.48. The molecule has 0 aromatic rings. The predicted octanol–water partition coefficient (Wildman–Crippen LogP) is 2.71. The van der Waals surface area contributed by atoms with E-state index in [0.717, 1.165) is 6.42 Å². The minimum atomic E-state index is 0.238. The van der Waals surface area contributed by atoms with Gasteiger partial charge in [0, 0.05) is 18.3 Å². The minimum absolute atomic E-state index is 0.238. The van der Waals surface area contributed by atoms with Crippen molar-refractivity contribution in [2.24, 2.45) is 10.8 Å². The molecule has 2 rings (SSSR count). The van der Waals surface area contributed by atoms with Crippen LogP contribution in [0.5, 0.6) is 0 Å². The Morgan fingerprint density at radius 3 is 2.42 bits per heavy atom. The van der Waals surface area contributed by atoms with Crippen LogP contribution in [0.1, 0.15) is 39.5 Å². The first-order valence-corrected chi connectivity index (χ1v) is 4.75. The molecule has 2 aliphatic carbocycles. The first-order chi connectivity index (χ1) is 5.56. The Labute approximate surface area is 73.8 Å². The van der Waals surface area contributed by atoms with Gasteiger partial charge in [-0.1, -0.05) is 26.0 Å². The van der Waals surface area contributed by atoms with E-state index in [9.17, 15) is 4.79 Å². The van der Waals surface area contributed by atoms with Crippen molar-refractivity contribution < 1.29 is 4.79 Å². The smallest absolute Gasteiger partial charge is 0.137 e. The second kappa shape index (κ2) is 2.21. The zero-order valence-corrected chi connectivity index (χ0v) is 7.89. The van der Waals surface area contributed by atoms with Crippen LogP contribution in [0, 0.1) is 10.8 Å². The normalized spacial score (nSPS) is 38.3. The third-order valence-corrected chi connectivity index (χ3v) is 3.84. The maximum atomic E-state index is 11.3. The summed E-state index contributed by atoms with van der Waals surface area (Å²) in [5.41, 5.74) is 0.599. The maximum Gasteiger partial charge on any atom is 0.137 e. The maximum absolute atomic E-state index is 11.3. The van der Waals surface area contributed by atoms with Crippen molar-refractivity contribution in [1.29, 1.82) is 0 Å². The Bertz CT molecular complexity index is 250. The Morgan fingerprint density at radius 2 is 2.08 bits per heavy atom. The molecule has 12 heavy (non-hydrogen) atoms. The average molecular weight is 164 g/mol. The van der Waals surface area contributed by atoms with Crippen LogP contribution >= 0.6 is 0 Å². The summed E-state index contributed by atoms with van der Waals surface area (Å²) in [6.07, 6.45) is 8.28. The molecular weight excluding hydrogens is 148 g/mol. The molecule has 0 saturated heterocycles. The lowest BCUT2D eigenvalue weighted by Crippen LogP contribution is -2.48. The van der Waals surface area contributed by atoms with Gasteiger partial charge in [-0.05, 0) is 18.3 Å². The van der Waals surface area contributed by atoms with Gasteiger partial charge in [0.25, 0.3) is 0 Å². The van der Waals surface area contributed by atoms with Crippen LogP contribution in [-0.4, -0.2) is 5.78 Å². The van der Waals surface area contributed by atoms with Gasteiger partial charge in [0.05, 0.1) is 0 Å². The highest BCUT2D eigenvalue weighted by molar-refractivity contribution is 5.82. The molecule has 0 aromatic heterocycles. The van der Waals surface area contributed by atoms with Crippen molar-refractivity contribution in [3.05, 3.63) is 12.2 Å². The van der Waals surface area contributed by atoms with Crippen LogP contribution in [0.3, 0.4) is 0 Å². The van der Waals surface area contributed by atoms with E-state index in [1.807, 2.05) is 0 Å². The van der Waals surface area contributed by atoms with Gasteiger partial charge in [-0.25, -0.2) is 0 Å². The van der Waals surface area contributed by atoms with Crippen molar-refractivity contribution >= 4 is 5.78 Å². The number of allylic oxidation sites excluding steroid dienone is 2. The van der Waals surface area contributed by atoms with Crippen molar-refractivity contribution in [1.82, 2.24) is 0 Å². The molecule has 1 heteroatoms. The van der Waals surface area contributed by atoms with E-state index in [4.69, 9.17) is 0 Å². The van der Waals surface area contributed by atoms with Gasteiger partial charge in [0.15, 0.2) is 0 Å². The lowest BCUT2D eigenvalue weighted by Gasteiger charge is -2.55. The van der Waals surface area contributed by atoms with Crippen molar-refractivity contribution in [2.75, 3.05) is 0 Å². The summed E-state index contributed by atoms with van der Waals surface area (Å²) in [4.78, 5) is 11.3. The number of hydrogen-bond acceptors (Lipinski definition) is 1. The van der Waals surface area contributed by atoms with Gasteiger partial charge < -0.3 is 0 Å². The molecule has 1 spiro atoms. The van der Waals surface area contributed by atoms with E-state index >= 15 is 0 Å². The van der Waals surface area contributed by atoms with Crippen molar-refractivity contribution in [2.45, 2.75) is 39.5 Å². The molecule has 1 unspecified atom stereocenters. The van der Waals surface area contributed by atoms with Gasteiger partial charge in [0.2, 0.25) is 0 Å². The van der Waals surface area contributed by atoms with Gasteiger partial charge in [-0.3, -0.25) is 4.79 Å². The van der Waals surface area contributed by atoms with E-state index in [1.165, 1.54) is 12.8 Å². The van der Waals surface area contributed by atoms with E-state index in [0.29, 0.717) is 17.6 Å². The van der Waals surface area contributed by atoms with Gasteiger partial charge in [-0.2, -0.15) is 0 Å². The molecule has 1 nitrogen and oxygen atoms in total. The summed E-state index contributed by atoms with van der Waals surface area (Å²) < 4.78 is 0. The fourth-order valence-electron chi connectivity index (χ4n) is 2.48. The zero-order chi connectivity index (χ0) is 8.82. The monoisotopic (exact) mass is 164 g/mol. The third-order valence-electron chi connectivity index (χ3n) is 3.84. The number of carbonyl (C=O) groups excluding carboxylic acids is 1. The molecule has 0 bridgehead atoms. The Morgan fingerprint density at radius 1 is 1.33 bits per heavy atom. The second-order valence-electron chi connectivity index (χ2n) is 4.86. The summed E-state index contributed by atoms with van der Waals surface area (Å²) in [7, 11) is 0. The standard InChI is InChI=1S/C11H16O/c1-10(2)6-7-11(10)5-3-4-9(12)8-11/h3,5H,4,6-8H2,1-2H3. The molecule has 66 valence electrons. The molecule has 0 radical (unpaired) electrons. The predicted molar refractivity (Wildman–Crippen MR) is 48.8 cm³/mol. The average Bonchev–Trinajstić information content (AvgIpc) is 2.03. The highest BCUT2D eigenvalue weighted by Crippen LogP contribution is 2.60. The van der Waals surface area contributed by atoms with Crippen LogP contribution in [0.15, 0.2) is 12.2 Å². The number of hydrogen-bond donors (Lipinski definition) is 0. The summed E-state index contributed by atoms with van der Waals surface area (Å²) in [5.74, 6) is 0.422. The fourth-order valence-corrected chi connectivity index (χ4v) is 2.48. The van der Waals surface area contributed by atoms with Gasteiger partial charge in [-0.15, -0.1) is 0 Å².